The van der Waals surface area contributed by atoms with Crippen LogP contribution in [0, 0.1) is 29.2 Å². The predicted octanol–water partition coefficient (Wildman–Crippen LogP) is 4.55. The number of nitrogens with zero attached hydrogens (tertiary/aromatic N) is 1. The van der Waals surface area contributed by atoms with Crippen LogP contribution in [-0.2, 0) is 11.2 Å². The van der Waals surface area contributed by atoms with Crippen molar-refractivity contribution in [1.82, 2.24) is 4.90 Å². The highest BCUT2D eigenvalue weighted by Gasteiger charge is 2.44. The van der Waals surface area contributed by atoms with E-state index in [0.29, 0.717) is 24.5 Å². The fourth-order valence-electron chi connectivity index (χ4n) is 5.25. The first-order chi connectivity index (χ1) is 15.7. The Morgan fingerprint density at radius 1 is 0.909 bits per heavy atom. The predicted molar refractivity (Wildman–Crippen MR) is 114 cm³/mol. The van der Waals surface area contributed by atoms with Gasteiger partial charge in [-0.15, -0.1) is 0 Å². The standard InChI is InChI=1S/C25H26F4N2O2/c26-17-3-1-14(2-4-17)24(32)7-8-25(33)31-18-5-6-19(31)10-16(9-18)23(30)12-15-11-21(28)22(29)13-20(15)27/h1-4,11,13,16,18-19,23H,5-10,12,30H2/t16?,18-,19+,23-/m1/s1. The molecule has 33 heavy (non-hydrogen) atoms. The van der Waals surface area contributed by atoms with Gasteiger partial charge in [0.2, 0.25) is 5.91 Å². The molecule has 0 radical (unpaired) electrons. The van der Waals surface area contributed by atoms with Crippen molar-refractivity contribution < 1.29 is 27.2 Å². The first-order valence-corrected chi connectivity index (χ1v) is 11.2. The average molecular weight is 462 g/mol. The number of benzene rings is 2. The largest absolute Gasteiger partial charge is 0.337 e. The van der Waals surface area contributed by atoms with E-state index in [1.54, 1.807) is 0 Å². The fourth-order valence-corrected chi connectivity index (χ4v) is 5.25. The maximum absolute atomic E-state index is 14.0. The molecule has 2 fully saturated rings. The van der Waals surface area contributed by atoms with Gasteiger partial charge in [-0.1, -0.05) is 0 Å². The molecule has 1 unspecified atom stereocenters. The minimum absolute atomic E-state index is 0.00280. The molecular formula is C25H26F4N2O2. The van der Waals surface area contributed by atoms with Gasteiger partial charge in [0.05, 0.1) is 0 Å². The summed E-state index contributed by atoms with van der Waals surface area (Å²) in [7, 11) is 0. The summed E-state index contributed by atoms with van der Waals surface area (Å²) in [6.07, 6.45) is 3.21. The number of fused-ring (bicyclic) bond motifs is 2. The number of Topliss-reactive ketones (excluding diaryl/α,β-unsaturated/α-hetero) is 1. The minimum Gasteiger partial charge on any atom is -0.337 e. The lowest BCUT2D eigenvalue weighted by atomic mass is 9.82. The molecule has 2 saturated heterocycles. The van der Waals surface area contributed by atoms with Crippen LogP contribution in [-0.4, -0.2) is 34.7 Å². The molecule has 1 amide bonds. The van der Waals surface area contributed by atoms with Gasteiger partial charge in [0.1, 0.15) is 11.6 Å². The third-order valence-corrected chi connectivity index (χ3v) is 6.94. The maximum atomic E-state index is 14.0. The molecule has 0 spiro atoms. The molecule has 2 aromatic carbocycles. The molecule has 2 aliphatic heterocycles. The lowest BCUT2D eigenvalue weighted by molar-refractivity contribution is -0.136. The molecule has 8 heteroatoms. The van der Waals surface area contributed by atoms with Gasteiger partial charge in [0, 0.05) is 42.6 Å². The summed E-state index contributed by atoms with van der Waals surface area (Å²) in [6.45, 7) is 0. The number of piperidine rings is 1. The average Bonchev–Trinajstić information content (AvgIpc) is 3.05. The summed E-state index contributed by atoms with van der Waals surface area (Å²) in [5.41, 5.74) is 6.75. The summed E-state index contributed by atoms with van der Waals surface area (Å²) >= 11 is 0. The van der Waals surface area contributed by atoms with Crippen LogP contribution in [0.2, 0.25) is 0 Å². The zero-order chi connectivity index (χ0) is 23.7. The molecule has 176 valence electrons. The first-order valence-electron chi connectivity index (χ1n) is 11.2. The zero-order valence-corrected chi connectivity index (χ0v) is 18.1. The van der Waals surface area contributed by atoms with E-state index in [9.17, 15) is 27.2 Å². The van der Waals surface area contributed by atoms with Crippen LogP contribution in [0.15, 0.2) is 36.4 Å². The van der Waals surface area contributed by atoms with Gasteiger partial charge >= 0.3 is 0 Å². The van der Waals surface area contributed by atoms with Crippen LogP contribution in [0.4, 0.5) is 17.6 Å². The molecule has 4 nitrogen and oxygen atoms in total. The second-order valence-electron chi connectivity index (χ2n) is 9.07. The van der Waals surface area contributed by atoms with Crippen molar-refractivity contribution in [3.05, 3.63) is 70.8 Å². The van der Waals surface area contributed by atoms with Gasteiger partial charge in [-0.3, -0.25) is 9.59 Å². The van der Waals surface area contributed by atoms with Crippen LogP contribution in [0.25, 0.3) is 0 Å². The lowest BCUT2D eigenvalue weighted by Gasteiger charge is -2.41. The topological polar surface area (TPSA) is 63.4 Å². The Hall–Kier alpha value is -2.74. The highest BCUT2D eigenvalue weighted by atomic mass is 19.2. The second kappa shape index (κ2) is 9.63. The Morgan fingerprint density at radius 2 is 1.52 bits per heavy atom. The number of hydrogen-bond acceptors (Lipinski definition) is 3. The normalized spacial score (nSPS) is 22.9. The molecule has 2 N–H and O–H groups in total. The van der Waals surface area contributed by atoms with E-state index in [4.69, 9.17) is 5.73 Å². The minimum atomic E-state index is -1.23. The monoisotopic (exact) mass is 462 g/mol. The third kappa shape index (κ3) is 5.11. The van der Waals surface area contributed by atoms with E-state index in [1.165, 1.54) is 24.3 Å². The van der Waals surface area contributed by atoms with Crippen molar-refractivity contribution in [3.8, 4) is 0 Å². The third-order valence-electron chi connectivity index (χ3n) is 6.94. The van der Waals surface area contributed by atoms with Crippen molar-refractivity contribution in [1.29, 1.82) is 0 Å². The lowest BCUT2D eigenvalue weighted by Crippen LogP contribution is -2.50. The molecule has 0 aliphatic carbocycles. The van der Waals surface area contributed by atoms with E-state index < -0.39 is 29.3 Å². The molecule has 0 saturated carbocycles. The number of carbonyl (C=O) groups excluding carboxylic acids is 2. The molecule has 4 rings (SSSR count). The quantitative estimate of drug-likeness (QED) is 0.373. The van der Waals surface area contributed by atoms with Gasteiger partial charge < -0.3 is 10.6 Å². The molecule has 4 atom stereocenters. The summed E-state index contributed by atoms with van der Waals surface area (Å²) in [5, 5.41) is 0. The van der Waals surface area contributed by atoms with Gasteiger partial charge in [-0.2, -0.15) is 0 Å². The highest BCUT2D eigenvalue weighted by Crippen LogP contribution is 2.40. The number of carbonyl (C=O) groups is 2. The second-order valence-corrected chi connectivity index (χ2v) is 9.07. The Kier molecular flexibility index (Phi) is 6.83. The molecule has 2 aliphatic rings. The Labute approximate surface area is 189 Å². The molecule has 0 aromatic heterocycles. The van der Waals surface area contributed by atoms with Crippen LogP contribution >= 0.6 is 0 Å². The van der Waals surface area contributed by atoms with E-state index in [-0.39, 0.29) is 54.5 Å². The highest BCUT2D eigenvalue weighted by molar-refractivity contribution is 5.98. The van der Waals surface area contributed by atoms with Crippen LogP contribution in [0.5, 0.6) is 0 Å². The van der Waals surface area contributed by atoms with E-state index in [2.05, 4.69) is 0 Å². The first kappa shape index (κ1) is 23.4. The van der Waals surface area contributed by atoms with Gasteiger partial charge in [-0.25, -0.2) is 17.6 Å². The summed E-state index contributed by atoms with van der Waals surface area (Å²) in [5.74, 6) is -3.84. The number of rotatable bonds is 7. The number of hydrogen-bond donors (Lipinski definition) is 1. The molecule has 2 bridgehead atoms. The van der Waals surface area contributed by atoms with Crippen LogP contribution in [0.1, 0.15) is 54.4 Å². The molecular weight excluding hydrogens is 436 g/mol. The van der Waals surface area contributed by atoms with Crippen LogP contribution < -0.4 is 5.73 Å². The zero-order valence-electron chi connectivity index (χ0n) is 18.1. The summed E-state index contributed by atoms with van der Waals surface area (Å²) in [4.78, 5) is 27.1. The van der Waals surface area contributed by atoms with Crippen molar-refractivity contribution in [2.75, 3.05) is 0 Å². The number of nitrogens with two attached hydrogens (primary N) is 1. The van der Waals surface area contributed by atoms with Gasteiger partial charge in [0.25, 0.3) is 0 Å². The van der Waals surface area contributed by atoms with Crippen LogP contribution in [0.3, 0.4) is 0 Å². The van der Waals surface area contributed by atoms with Gasteiger partial charge in [-0.05, 0) is 73.9 Å². The van der Waals surface area contributed by atoms with E-state index in [1.807, 2.05) is 4.90 Å². The number of halogens is 4. The molecule has 2 heterocycles. The van der Waals surface area contributed by atoms with Crippen molar-refractivity contribution in [2.24, 2.45) is 11.7 Å². The SMILES string of the molecule is N[C@H](Cc1cc(F)c(F)cc1F)C1C[C@H]2CC[C@@H](C1)N2C(=O)CCC(=O)c1ccc(F)cc1. The van der Waals surface area contributed by atoms with E-state index >= 15 is 0 Å². The maximum Gasteiger partial charge on any atom is 0.223 e. The smallest absolute Gasteiger partial charge is 0.223 e. The Morgan fingerprint density at radius 3 is 2.15 bits per heavy atom. The summed E-state index contributed by atoms with van der Waals surface area (Å²) in [6, 6.07) is 6.22. The molecule has 2 aromatic rings. The summed E-state index contributed by atoms with van der Waals surface area (Å²) < 4.78 is 53.8. The van der Waals surface area contributed by atoms with Gasteiger partial charge in [0.15, 0.2) is 17.4 Å². The fraction of sp³-hybridized carbons (Fsp3) is 0.440. The number of amides is 1. The Balaban J connectivity index is 1.34. The van der Waals surface area contributed by atoms with Crippen molar-refractivity contribution in [3.63, 3.8) is 0 Å². The number of ketones is 1. The van der Waals surface area contributed by atoms with Crippen molar-refractivity contribution in [2.45, 2.75) is 63.1 Å². The Bertz CT molecular complexity index is 1030. The van der Waals surface area contributed by atoms with Crippen molar-refractivity contribution >= 4 is 11.7 Å². The van der Waals surface area contributed by atoms with E-state index in [0.717, 1.165) is 18.9 Å².